The van der Waals surface area contributed by atoms with E-state index in [1.807, 2.05) is 61.5 Å². The maximum atomic E-state index is 13.4. The Morgan fingerprint density at radius 2 is 1.59 bits per heavy atom. The number of nitrogens with zero attached hydrogens (tertiary/aromatic N) is 4. The number of hydrogen-bond acceptors (Lipinski definition) is 5. The lowest BCUT2D eigenvalue weighted by atomic mass is 10.1. The summed E-state index contributed by atoms with van der Waals surface area (Å²) in [6, 6.07) is 14.6. The number of benzene rings is 2. The molecule has 0 N–H and O–H groups in total. The highest BCUT2D eigenvalue weighted by molar-refractivity contribution is 7.90. The third-order valence-electron chi connectivity index (χ3n) is 5.50. The van der Waals surface area contributed by atoms with Crippen LogP contribution in [0.1, 0.15) is 16.8 Å². The van der Waals surface area contributed by atoms with Crippen LogP contribution >= 0.6 is 0 Å². The second kappa shape index (κ2) is 7.65. The number of piperazine rings is 1. The fraction of sp³-hybridized carbons (Fsp3) is 0.318. The first-order valence-electron chi connectivity index (χ1n) is 9.77. The van der Waals surface area contributed by atoms with Crippen LogP contribution in [0.15, 0.2) is 58.5 Å². The van der Waals surface area contributed by atoms with Crippen molar-refractivity contribution in [3.8, 4) is 0 Å². The van der Waals surface area contributed by atoms with Gasteiger partial charge in [0.1, 0.15) is 0 Å². The van der Waals surface area contributed by atoms with Crippen LogP contribution in [0.4, 0.5) is 0 Å². The second-order valence-corrected chi connectivity index (χ2v) is 9.39. The van der Waals surface area contributed by atoms with E-state index >= 15 is 0 Å². The van der Waals surface area contributed by atoms with Gasteiger partial charge in [-0.3, -0.25) is 5.01 Å². The molecule has 0 radical (unpaired) electrons. The first kappa shape index (κ1) is 19.7. The molecule has 2 aromatic carbocycles. The number of para-hydroxylation sites is 1. The zero-order chi connectivity index (χ0) is 20.6. The molecule has 0 aliphatic carbocycles. The highest BCUT2D eigenvalue weighted by atomic mass is 32.2. The van der Waals surface area contributed by atoms with Crippen LogP contribution in [-0.4, -0.2) is 61.7 Å². The molecule has 6 nitrogen and oxygen atoms in total. The van der Waals surface area contributed by atoms with Gasteiger partial charge in [0.25, 0.3) is 10.0 Å². The van der Waals surface area contributed by atoms with Gasteiger partial charge in [-0.05, 0) is 39.1 Å². The van der Waals surface area contributed by atoms with Crippen molar-refractivity contribution in [2.45, 2.75) is 18.7 Å². The van der Waals surface area contributed by atoms with Gasteiger partial charge in [-0.25, -0.2) is 12.4 Å². The molecule has 0 unspecified atom stereocenters. The molecule has 0 spiro atoms. The SMILES string of the molecule is Cc1ccc(S(=O)(=O)n2c(C)c(C=NN3CCN(C)CC3)c3ccccc32)cc1. The summed E-state index contributed by atoms with van der Waals surface area (Å²) in [5.74, 6) is 0. The molecular formula is C22H26N4O2S. The summed E-state index contributed by atoms with van der Waals surface area (Å²) in [5, 5.41) is 7.58. The van der Waals surface area contributed by atoms with E-state index in [9.17, 15) is 8.42 Å². The first-order chi connectivity index (χ1) is 13.9. The summed E-state index contributed by atoms with van der Waals surface area (Å²) in [6.45, 7) is 7.47. The predicted molar refractivity (Wildman–Crippen MR) is 117 cm³/mol. The minimum Gasteiger partial charge on any atom is -0.303 e. The fourth-order valence-corrected chi connectivity index (χ4v) is 5.27. The number of rotatable bonds is 4. The van der Waals surface area contributed by atoms with Gasteiger partial charge >= 0.3 is 0 Å². The lowest BCUT2D eigenvalue weighted by molar-refractivity contribution is 0.159. The smallest absolute Gasteiger partial charge is 0.268 e. The van der Waals surface area contributed by atoms with Crippen molar-refractivity contribution in [2.24, 2.45) is 5.10 Å². The number of fused-ring (bicyclic) bond motifs is 1. The largest absolute Gasteiger partial charge is 0.303 e. The van der Waals surface area contributed by atoms with E-state index in [1.165, 1.54) is 3.97 Å². The van der Waals surface area contributed by atoms with E-state index in [0.717, 1.165) is 42.7 Å². The molecule has 0 atom stereocenters. The number of aryl methyl sites for hydroxylation is 1. The molecule has 7 heteroatoms. The van der Waals surface area contributed by atoms with Crippen molar-refractivity contribution in [1.82, 2.24) is 13.9 Å². The van der Waals surface area contributed by atoms with Crippen molar-refractivity contribution in [2.75, 3.05) is 33.2 Å². The molecule has 0 saturated carbocycles. The Bertz CT molecular complexity index is 1160. The van der Waals surface area contributed by atoms with Gasteiger partial charge in [0.05, 0.1) is 16.6 Å². The van der Waals surface area contributed by atoms with Gasteiger partial charge in [-0.2, -0.15) is 5.10 Å². The maximum Gasteiger partial charge on any atom is 0.268 e. The molecule has 4 rings (SSSR count). The van der Waals surface area contributed by atoms with Gasteiger partial charge < -0.3 is 4.90 Å². The summed E-state index contributed by atoms with van der Waals surface area (Å²) in [6.07, 6.45) is 1.81. The van der Waals surface area contributed by atoms with E-state index in [1.54, 1.807) is 12.1 Å². The van der Waals surface area contributed by atoms with E-state index < -0.39 is 10.0 Å². The third kappa shape index (κ3) is 3.68. The van der Waals surface area contributed by atoms with E-state index in [2.05, 4.69) is 17.0 Å². The van der Waals surface area contributed by atoms with E-state index in [-0.39, 0.29) is 4.90 Å². The molecule has 152 valence electrons. The normalized spacial score (nSPS) is 16.2. The van der Waals surface area contributed by atoms with E-state index in [0.29, 0.717) is 11.2 Å². The topological polar surface area (TPSA) is 57.9 Å². The van der Waals surface area contributed by atoms with Crippen LogP contribution in [-0.2, 0) is 10.0 Å². The Morgan fingerprint density at radius 3 is 2.28 bits per heavy atom. The highest BCUT2D eigenvalue weighted by Crippen LogP contribution is 2.29. The standard InChI is InChI=1S/C22H26N4O2S/c1-17-8-10-19(11-9-17)29(27,28)26-18(2)21(20-6-4-5-7-22(20)26)16-23-25-14-12-24(3)13-15-25/h4-11,16H,12-15H2,1-3H3. The Hall–Kier alpha value is -2.64. The molecule has 2 heterocycles. The Morgan fingerprint density at radius 1 is 0.931 bits per heavy atom. The molecule has 0 amide bonds. The zero-order valence-electron chi connectivity index (χ0n) is 17.0. The molecule has 3 aromatic rings. The summed E-state index contributed by atoms with van der Waals surface area (Å²) in [4.78, 5) is 2.56. The highest BCUT2D eigenvalue weighted by Gasteiger charge is 2.24. The Balaban J connectivity index is 1.80. The van der Waals surface area contributed by atoms with Gasteiger partial charge in [-0.15, -0.1) is 0 Å². The fourth-order valence-electron chi connectivity index (χ4n) is 3.70. The van der Waals surface area contributed by atoms with Crippen LogP contribution in [0.3, 0.4) is 0 Å². The zero-order valence-corrected chi connectivity index (χ0v) is 17.9. The summed E-state index contributed by atoms with van der Waals surface area (Å²) in [7, 11) is -1.60. The molecule has 1 aliphatic heterocycles. The number of likely N-dealkylation sites (N-methyl/N-ethyl adjacent to an activating group) is 1. The predicted octanol–water partition coefficient (Wildman–Crippen LogP) is 3.08. The third-order valence-corrected chi connectivity index (χ3v) is 7.32. The number of hydrazone groups is 1. The van der Waals surface area contributed by atoms with Gasteiger partial charge in [0, 0.05) is 42.8 Å². The summed E-state index contributed by atoms with van der Waals surface area (Å²) in [5.41, 5.74) is 3.21. The molecule has 1 aromatic heterocycles. The summed E-state index contributed by atoms with van der Waals surface area (Å²) >= 11 is 0. The number of hydrogen-bond donors (Lipinski definition) is 0. The van der Waals surface area contributed by atoms with Crippen molar-refractivity contribution in [1.29, 1.82) is 0 Å². The van der Waals surface area contributed by atoms with Crippen LogP contribution < -0.4 is 0 Å². The molecule has 29 heavy (non-hydrogen) atoms. The van der Waals surface area contributed by atoms with Crippen molar-refractivity contribution >= 4 is 27.1 Å². The van der Waals surface area contributed by atoms with Crippen LogP contribution in [0.25, 0.3) is 10.9 Å². The Labute approximate surface area is 172 Å². The average Bonchev–Trinajstić information content (AvgIpc) is 3.00. The van der Waals surface area contributed by atoms with E-state index in [4.69, 9.17) is 0 Å². The molecule has 1 fully saturated rings. The van der Waals surface area contributed by atoms with Crippen molar-refractivity contribution in [3.05, 3.63) is 65.4 Å². The second-order valence-electron chi connectivity index (χ2n) is 7.60. The van der Waals surface area contributed by atoms with Gasteiger partial charge in [0.15, 0.2) is 0 Å². The minimum absolute atomic E-state index is 0.287. The molecule has 0 bridgehead atoms. The van der Waals surface area contributed by atoms with Gasteiger partial charge in [-0.1, -0.05) is 35.9 Å². The molecule has 1 aliphatic rings. The average molecular weight is 411 g/mol. The lowest BCUT2D eigenvalue weighted by Crippen LogP contribution is -2.41. The van der Waals surface area contributed by atoms with Crippen LogP contribution in [0, 0.1) is 13.8 Å². The minimum atomic E-state index is -3.71. The summed E-state index contributed by atoms with van der Waals surface area (Å²) < 4.78 is 28.3. The quantitative estimate of drug-likeness (QED) is 0.621. The first-order valence-corrected chi connectivity index (χ1v) is 11.2. The lowest BCUT2D eigenvalue weighted by Gasteiger charge is -2.30. The molecular weight excluding hydrogens is 384 g/mol. The van der Waals surface area contributed by atoms with Gasteiger partial charge in [0.2, 0.25) is 0 Å². The molecule has 1 saturated heterocycles. The Kier molecular flexibility index (Phi) is 5.19. The van der Waals surface area contributed by atoms with Crippen LogP contribution in [0.2, 0.25) is 0 Å². The monoisotopic (exact) mass is 410 g/mol. The van der Waals surface area contributed by atoms with Crippen molar-refractivity contribution < 1.29 is 8.42 Å². The maximum absolute atomic E-state index is 13.4. The van der Waals surface area contributed by atoms with Crippen LogP contribution in [0.5, 0.6) is 0 Å². The number of aromatic nitrogens is 1. The van der Waals surface area contributed by atoms with Crippen molar-refractivity contribution in [3.63, 3.8) is 0 Å².